The van der Waals surface area contributed by atoms with Gasteiger partial charge in [-0.2, -0.15) is 0 Å². The molecular formula is C25H33N5O3. The quantitative estimate of drug-likeness (QED) is 0.647. The van der Waals surface area contributed by atoms with Crippen LogP contribution < -0.4 is 4.90 Å². The Labute approximate surface area is 195 Å². The van der Waals surface area contributed by atoms with Crippen molar-refractivity contribution in [2.24, 2.45) is 5.92 Å². The largest absolute Gasteiger partial charge is 0.466 e. The summed E-state index contributed by atoms with van der Waals surface area (Å²) in [6.07, 6.45) is 2.92. The molecule has 0 atom stereocenters. The molecule has 0 saturated carbocycles. The van der Waals surface area contributed by atoms with Crippen LogP contribution in [0.25, 0.3) is 11.4 Å². The van der Waals surface area contributed by atoms with Crippen molar-refractivity contribution < 1.29 is 14.3 Å². The number of piperazine rings is 1. The Morgan fingerprint density at radius 1 is 1.09 bits per heavy atom. The molecule has 2 aliphatic heterocycles. The van der Waals surface area contributed by atoms with Gasteiger partial charge in [-0.3, -0.25) is 9.59 Å². The number of carbonyl (C=O) groups is 2. The minimum atomic E-state index is -0.159. The van der Waals surface area contributed by atoms with Gasteiger partial charge in [0.2, 0.25) is 0 Å². The second-order valence-electron chi connectivity index (χ2n) is 8.91. The molecule has 33 heavy (non-hydrogen) atoms. The minimum Gasteiger partial charge on any atom is -0.466 e. The molecule has 2 aliphatic rings. The molecule has 2 saturated heterocycles. The average Bonchev–Trinajstić information content (AvgIpc) is 2.84. The fourth-order valence-corrected chi connectivity index (χ4v) is 4.45. The first-order chi connectivity index (χ1) is 16.0. The highest BCUT2D eigenvalue weighted by molar-refractivity contribution is 5.99. The van der Waals surface area contributed by atoms with E-state index in [1.165, 1.54) is 0 Å². The second-order valence-corrected chi connectivity index (χ2v) is 8.91. The summed E-state index contributed by atoms with van der Waals surface area (Å²) in [5, 5.41) is 0. The van der Waals surface area contributed by atoms with Crippen LogP contribution in [0.5, 0.6) is 0 Å². The number of likely N-dealkylation sites (N-methyl/N-ethyl adjacent to an activating group) is 1. The molecule has 0 aliphatic carbocycles. The van der Waals surface area contributed by atoms with Crippen LogP contribution in [0.2, 0.25) is 0 Å². The van der Waals surface area contributed by atoms with Crippen LogP contribution in [0.15, 0.2) is 30.5 Å². The van der Waals surface area contributed by atoms with Crippen molar-refractivity contribution in [3.8, 4) is 11.4 Å². The van der Waals surface area contributed by atoms with E-state index in [0.717, 1.165) is 37.3 Å². The summed E-state index contributed by atoms with van der Waals surface area (Å²) < 4.78 is 5.16. The number of aryl methyl sites for hydroxylation is 1. The lowest BCUT2D eigenvalue weighted by Crippen LogP contribution is -2.46. The van der Waals surface area contributed by atoms with Gasteiger partial charge in [-0.15, -0.1) is 0 Å². The number of rotatable bonds is 5. The molecule has 1 aromatic carbocycles. The van der Waals surface area contributed by atoms with Crippen molar-refractivity contribution >= 4 is 17.7 Å². The zero-order chi connectivity index (χ0) is 23.4. The molecule has 0 radical (unpaired) electrons. The Morgan fingerprint density at radius 3 is 2.48 bits per heavy atom. The number of ether oxygens (including phenoxy) is 1. The molecule has 0 bridgehead atoms. The second kappa shape index (κ2) is 10.3. The van der Waals surface area contributed by atoms with Crippen molar-refractivity contribution in [2.75, 3.05) is 57.8 Å². The van der Waals surface area contributed by atoms with E-state index in [4.69, 9.17) is 9.72 Å². The summed E-state index contributed by atoms with van der Waals surface area (Å²) in [5.41, 5.74) is 2.62. The first kappa shape index (κ1) is 23.2. The van der Waals surface area contributed by atoms with Gasteiger partial charge in [0.25, 0.3) is 5.91 Å². The van der Waals surface area contributed by atoms with E-state index < -0.39 is 0 Å². The third-order valence-corrected chi connectivity index (χ3v) is 6.48. The van der Waals surface area contributed by atoms with E-state index in [9.17, 15) is 9.59 Å². The van der Waals surface area contributed by atoms with Gasteiger partial charge in [-0.25, -0.2) is 9.97 Å². The van der Waals surface area contributed by atoms with E-state index in [0.29, 0.717) is 49.7 Å². The van der Waals surface area contributed by atoms with Crippen molar-refractivity contribution in [2.45, 2.75) is 26.7 Å². The predicted octanol–water partition coefficient (Wildman–Crippen LogP) is 2.62. The van der Waals surface area contributed by atoms with Gasteiger partial charge in [0.15, 0.2) is 5.82 Å². The normalized spacial score (nSPS) is 17.8. The van der Waals surface area contributed by atoms with Gasteiger partial charge in [-0.1, -0.05) is 23.8 Å². The molecule has 0 N–H and O–H groups in total. The molecule has 8 nitrogen and oxygen atoms in total. The third-order valence-electron chi connectivity index (χ3n) is 6.48. The molecule has 8 heteroatoms. The van der Waals surface area contributed by atoms with Gasteiger partial charge in [0.1, 0.15) is 11.4 Å². The summed E-state index contributed by atoms with van der Waals surface area (Å²) in [6, 6.07) is 8.10. The first-order valence-corrected chi connectivity index (χ1v) is 11.8. The van der Waals surface area contributed by atoms with E-state index in [1.807, 2.05) is 36.9 Å². The smallest absolute Gasteiger partial charge is 0.309 e. The highest BCUT2D eigenvalue weighted by Crippen LogP contribution is 2.27. The zero-order valence-electron chi connectivity index (χ0n) is 19.8. The number of nitrogens with zero attached hydrogens (tertiary/aromatic N) is 5. The topological polar surface area (TPSA) is 78.9 Å². The minimum absolute atomic E-state index is 0.0676. The maximum absolute atomic E-state index is 13.5. The van der Waals surface area contributed by atoms with Crippen LogP contribution in [-0.2, 0) is 9.53 Å². The lowest BCUT2D eigenvalue weighted by atomic mass is 9.96. The molecule has 176 valence electrons. The summed E-state index contributed by atoms with van der Waals surface area (Å²) in [7, 11) is 2.11. The summed E-state index contributed by atoms with van der Waals surface area (Å²) in [4.78, 5) is 41.4. The maximum Gasteiger partial charge on any atom is 0.309 e. The highest BCUT2D eigenvalue weighted by Gasteiger charge is 2.31. The average molecular weight is 452 g/mol. The van der Waals surface area contributed by atoms with Crippen LogP contribution in [0.1, 0.15) is 35.7 Å². The summed E-state index contributed by atoms with van der Waals surface area (Å²) >= 11 is 0. The molecule has 1 aromatic heterocycles. The van der Waals surface area contributed by atoms with Crippen LogP contribution >= 0.6 is 0 Å². The molecule has 3 heterocycles. The highest BCUT2D eigenvalue weighted by atomic mass is 16.5. The number of benzene rings is 1. The van der Waals surface area contributed by atoms with Gasteiger partial charge in [0, 0.05) is 51.0 Å². The molecule has 2 fully saturated rings. The van der Waals surface area contributed by atoms with E-state index in [1.54, 1.807) is 6.20 Å². The number of hydrogen-bond acceptors (Lipinski definition) is 7. The van der Waals surface area contributed by atoms with Crippen LogP contribution in [0.3, 0.4) is 0 Å². The Bertz CT molecular complexity index is 995. The molecule has 2 aromatic rings. The monoisotopic (exact) mass is 451 g/mol. The number of esters is 1. The standard InChI is InChI=1S/C25H33N5O3/c1-4-33-25(32)19-8-10-30(11-9-19)24(31)21-17-26-22(20-7-5-6-18(2)16-20)27-23(21)29-14-12-28(3)13-15-29/h5-7,16-17,19H,4,8-15H2,1-3H3. The fourth-order valence-electron chi connectivity index (χ4n) is 4.45. The van der Waals surface area contributed by atoms with E-state index in [-0.39, 0.29) is 17.8 Å². The third kappa shape index (κ3) is 5.33. The molecule has 0 unspecified atom stereocenters. The summed E-state index contributed by atoms with van der Waals surface area (Å²) in [5.74, 6) is 0.971. The number of carbonyl (C=O) groups excluding carboxylic acids is 2. The fraction of sp³-hybridized carbons (Fsp3) is 0.520. The van der Waals surface area contributed by atoms with Gasteiger partial charge in [0.05, 0.1) is 12.5 Å². The van der Waals surface area contributed by atoms with Gasteiger partial charge >= 0.3 is 5.97 Å². The lowest BCUT2D eigenvalue weighted by molar-refractivity contribution is -0.149. The van der Waals surface area contributed by atoms with Gasteiger partial charge < -0.3 is 19.4 Å². The molecule has 4 rings (SSSR count). The number of aromatic nitrogens is 2. The number of hydrogen-bond donors (Lipinski definition) is 0. The van der Waals surface area contributed by atoms with E-state index >= 15 is 0 Å². The van der Waals surface area contributed by atoms with Crippen molar-refractivity contribution in [3.05, 3.63) is 41.6 Å². The van der Waals surface area contributed by atoms with Crippen LogP contribution in [0, 0.1) is 12.8 Å². The first-order valence-electron chi connectivity index (χ1n) is 11.8. The zero-order valence-corrected chi connectivity index (χ0v) is 19.8. The number of likely N-dealkylation sites (tertiary alicyclic amines) is 1. The maximum atomic E-state index is 13.5. The Morgan fingerprint density at radius 2 is 1.82 bits per heavy atom. The van der Waals surface area contributed by atoms with Crippen LogP contribution in [0.4, 0.5) is 5.82 Å². The van der Waals surface area contributed by atoms with E-state index in [2.05, 4.69) is 27.9 Å². The van der Waals surface area contributed by atoms with Crippen LogP contribution in [-0.4, -0.2) is 84.6 Å². The van der Waals surface area contributed by atoms with Crippen molar-refractivity contribution in [1.82, 2.24) is 19.8 Å². The van der Waals surface area contributed by atoms with Gasteiger partial charge in [-0.05, 0) is 39.8 Å². The lowest BCUT2D eigenvalue weighted by Gasteiger charge is -2.35. The molecule has 0 spiro atoms. The number of amides is 1. The SMILES string of the molecule is CCOC(=O)C1CCN(C(=O)c2cnc(-c3cccc(C)c3)nc2N2CCN(C)CC2)CC1. The Balaban J connectivity index is 1.59. The Hall–Kier alpha value is -3.00. The van der Waals surface area contributed by atoms with Crippen molar-refractivity contribution in [3.63, 3.8) is 0 Å². The van der Waals surface area contributed by atoms with Crippen molar-refractivity contribution in [1.29, 1.82) is 0 Å². The predicted molar refractivity (Wildman–Crippen MR) is 127 cm³/mol. The molecular weight excluding hydrogens is 418 g/mol. The number of piperidine rings is 1. The molecule has 1 amide bonds. The number of anilines is 1. The Kier molecular flexibility index (Phi) is 7.23. The summed E-state index contributed by atoms with van der Waals surface area (Å²) in [6.45, 7) is 8.77.